The molecule has 4 saturated carbocycles. The van der Waals surface area contributed by atoms with Crippen LogP contribution in [0.15, 0.2) is 11.6 Å². The molecule has 0 unspecified atom stereocenters. The number of esters is 2. The van der Waals surface area contributed by atoms with Crippen LogP contribution in [0.4, 0.5) is 0 Å². The van der Waals surface area contributed by atoms with Crippen LogP contribution in [0.25, 0.3) is 0 Å². The molecule has 0 amide bonds. The highest BCUT2D eigenvalue weighted by Crippen LogP contribution is 2.76. The number of allylic oxidation sites excluding steroid dienone is 2. The number of aliphatic hydroxyl groups is 7. The number of methoxy groups -OCH3 is 1. The Morgan fingerprint density at radius 1 is 0.786 bits per heavy atom. The van der Waals surface area contributed by atoms with Crippen molar-refractivity contribution in [3.8, 4) is 0 Å². The molecule has 0 aromatic carbocycles. The summed E-state index contributed by atoms with van der Waals surface area (Å²) in [6.45, 7) is 12.8. The van der Waals surface area contributed by atoms with Crippen LogP contribution in [0.3, 0.4) is 0 Å². The summed E-state index contributed by atoms with van der Waals surface area (Å²) in [5.74, 6) is -0.724. The minimum atomic E-state index is -1.72. The van der Waals surface area contributed by atoms with Gasteiger partial charge < -0.3 is 59.4 Å². The summed E-state index contributed by atoms with van der Waals surface area (Å²) in [6, 6.07) is 0. The molecule has 14 nitrogen and oxygen atoms in total. The lowest BCUT2D eigenvalue weighted by atomic mass is 9.33. The Labute approximate surface area is 329 Å². The standard InChI is InChI=1S/C42H66O14/c1-37(2)25-10-13-41(6)26(39(25,4)12-11-27(37)55-33-31(48)28(45)23(44)20-53-33)9-8-21-22-18-38(3,35(50)52-7)14-16-42(22,17-15-40(21,41)5)36(51)56-34-32(49)30(47)29(46)24(19-43)54-34/h8,22-34,43-49H,9-20H2,1-7H3/t22-,23-,24-,25-,26+,27-,28-,29-,30+,31+,32-,33-,34-,38-,39-,40+,41+,42-/m0/s1. The number of aliphatic hydroxyl groups excluding tert-OH is 7. The molecule has 14 heteroatoms. The van der Waals surface area contributed by atoms with Gasteiger partial charge in [-0.1, -0.05) is 46.3 Å². The van der Waals surface area contributed by atoms with Crippen LogP contribution >= 0.6 is 0 Å². The fourth-order valence-electron chi connectivity index (χ4n) is 13.5. The zero-order valence-electron chi connectivity index (χ0n) is 34.1. The van der Waals surface area contributed by atoms with Crippen molar-refractivity contribution < 1.29 is 69.0 Å². The molecule has 7 aliphatic rings. The lowest BCUT2D eigenvalue weighted by molar-refractivity contribution is -0.308. The first-order valence-corrected chi connectivity index (χ1v) is 20.8. The smallest absolute Gasteiger partial charge is 0.315 e. The van der Waals surface area contributed by atoms with Crippen molar-refractivity contribution in [3.63, 3.8) is 0 Å². The molecular formula is C42H66O14. The maximum Gasteiger partial charge on any atom is 0.315 e. The quantitative estimate of drug-likeness (QED) is 0.116. The SMILES string of the molecule is COC(=O)[C@@]1(C)CC[C@]2(C(=O)O[C@@H]3O[C@@H](CO)[C@H](O)[C@@H](O)[C@@H]3O)CC[C@]3(C)C(=CC[C@@H]4[C@@]5(C)CC[C@H](O[C@@H]6OC[C@H](O)[C@H](O)[C@H]6O)C(C)(C)[C@@H]5CC[C@]43C)[C@@H]2C1. The van der Waals surface area contributed by atoms with Gasteiger partial charge in [0.2, 0.25) is 6.29 Å². The van der Waals surface area contributed by atoms with Crippen LogP contribution in [0.2, 0.25) is 0 Å². The Hall–Kier alpha value is -1.72. The second-order valence-electron chi connectivity index (χ2n) is 20.1. The first kappa shape index (κ1) is 42.4. The molecular weight excluding hydrogens is 728 g/mol. The Bertz CT molecular complexity index is 1550. The molecule has 0 aromatic heterocycles. The first-order valence-electron chi connectivity index (χ1n) is 20.8. The number of carbonyl (C=O) groups is 2. The molecule has 2 heterocycles. The van der Waals surface area contributed by atoms with Gasteiger partial charge in [0.1, 0.15) is 42.7 Å². The highest BCUT2D eigenvalue weighted by molar-refractivity contribution is 5.81. The molecule has 0 radical (unpaired) electrons. The fourth-order valence-corrected chi connectivity index (χ4v) is 13.5. The van der Waals surface area contributed by atoms with Crippen molar-refractivity contribution in [2.75, 3.05) is 20.3 Å². The minimum absolute atomic E-state index is 0.0766. The zero-order chi connectivity index (χ0) is 41.0. The summed E-state index contributed by atoms with van der Waals surface area (Å²) >= 11 is 0. The van der Waals surface area contributed by atoms with Gasteiger partial charge in [0.05, 0.1) is 37.3 Å². The Morgan fingerprint density at radius 3 is 2.14 bits per heavy atom. The second kappa shape index (κ2) is 14.5. The van der Waals surface area contributed by atoms with Crippen molar-refractivity contribution in [1.29, 1.82) is 0 Å². The summed E-state index contributed by atoms with van der Waals surface area (Å²) in [6.07, 6.45) is -4.05. The molecule has 7 N–H and O–H groups in total. The maximum absolute atomic E-state index is 14.7. The molecule has 2 aliphatic heterocycles. The van der Waals surface area contributed by atoms with E-state index in [0.717, 1.165) is 37.7 Å². The Balaban J connectivity index is 1.19. The second-order valence-corrected chi connectivity index (χ2v) is 20.1. The monoisotopic (exact) mass is 794 g/mol. The van der Waals surface area contributed by atoms with Gasteiger partial charge in [0.25, 0.3) is 0 Å². The molecule has 0 bridgehead atoms. The average molecular weight is 795 g/mol. The van der Waals surface area contributed by atoms with Gasteiger partial charge in [-0.2, -0.15) is 0 Å². The van der Waals surface area contributed by atoms with Crippen molar-refractivity contribution >= 4 is 11.9 Å². The molecule has 18 atom stereocenters. The predicted octanol–water partition coefficient (Wildman–Crippen LogP) is 2.11. The van der Waals surface area contributed by atoms with Crippen molar-refractivity contribution in [1.82, 2.24) is 0 Å². The number of fused-ring (bicyclic) bond motifs is 7. The summed E-state index contributed by atoms with van der Waals surface area (Å²) < 4.78 is 29.0. The third kappa shape index (κ3) is 6.09. The Kier molecular flexibility index (Phi) is 11.0. The van der Waals surface area contributed by atoms with Gasteiger partial charge in [-0.05, 0) is 111 Å². The van der Waals surface area contributed by atoms with E-state index in [1.165, 1.54) is 7.11 Å². The number of carbonyl (C=O) groups excluding carboxylic acids is 2. The summed E-state index contributed by atoms with van der Waals surface area (Å²) in [4.78, 5) is 28.0. The van der Waals surface area contributed by atoms with Crippen LogP contribution in [-0.2, 0) is 33.3 Å². The Morgan fingerprint density at radius 2 is 1.46 bits per heavy atom. The van der Waals surface area contributed by atoms with Crippen LogP contribution in [0.5, 0.6) is 0 Å². The number of rotatable bonds is 6. The van der Waals surface area contributed by atoms with Gasteiger partial charge in [0.15, 0.2) is 6.29 Å². The minimum Gasteiger partial charge on any atom is -0.469 e. The van der Waals surface area contributed by atoms with Gasteiger partial charge >= 0.3 is 11.9 Å². The first-order chi connectivity index (χ1) is 26.1. The third-order valence-electron chi connectivity index (χ3n) is 17.3. The number of hydrogen-bond donors (Lipinski definition) is 7. The molecule has 318 valence electrons. The normalized spacial score (nSPS) is 52.6. The van der Waals surface area contributed by atoms with Gasteiger partial charge in [-0.25, -0.2) is 0 Å². The number of hydrogen-bond acceptors (Lipinski definition) is 14. The van der Waals surface area contributed by atoms with E-state index >= 15 is 0 Å². The van der Waals surface area contributed by atoms with Crippen molar-refractivity contribution in [2.24, 2.45) is 50.2 Å². The highest BCUT2D eigenvalue weighted by Gasteiger charge is 2.70. The highest BCUT2D eigenvalue weighted by atomic mass is 16.7. The van der Waals surface area contributed by atoms with Gasteiger partial charge in [0, 0.05) is 0 Å². The molecule has 0 aromatic rings. The molecule has 7 rings (SSSR count). The summed E-state index contributed by atoms with van der Waals surface area (Å²) in [5.41, 5.74) is -1.61. The molecule has 56 heavy (non-hydrogen) atoms. The molecule has 6 fully saturated rings. The van der Waals surface area contributed by atoms with Crippen molar-refractivity contribution in [3.05, 3.63) is 11.6 Å². The van der Waals surface area contributed by atoms with E-state index in [1.807, 2.05) is 6.92 Å². The van der Waals surface area contributed by atoms with E-state index in [0.29, 0.717) is 38.0 Å². The van der Waals surface area contributed by atoms with E-state index < -0.39 is 78.7 Å². The largest absolute Gasteiger partial charge is 0.469 e. The van der Waals surface area contributed by atoms with E-state index in [1.54, 1.807) is 0 Å². The van der Waals surface area contributed by atoms with Crippen molar-refractivity contribution in [2.45, 2.75) is 167 Å². The van der Waals surface area contributed by atoms with Crippen LogP contribution in [-0.4, -0.2) is 129 Å². The molecule has 2 saturated heterocycles. The number of ether oxygens (including phenoxy) is 5. The summed E-state index contributed by atoms with van der Waals surface area (Å²) in [5, 5.41) is 72.5. The molecule has 5 aliphatic carbocycles. The lowest BCUT2D eigenvalue weighted by Crippen LogP contribution is -2.66. The third-order valence-corrected chi connectivity index (χ3v) is 17.3. The lowest BCUT2D eigenvalue weighted by Gasteiger charge is -2.71. The average Bonchev–Trinajstić information content (AvgIpc) is 3.15. The fraction of sp³-hybridized carbons (Fsp3) is 0.905. The zero-order valence-corrected chi connectivity index (χ0v) is 34.1. The maximum atomic E-state index is 14.7. The van der Waals surface area contributed by atoms with E-state index in [9.17, 15) is 45.3 Å². The summed E-state index contributed by atoms with van der Waals surface area (Å²) in [7, 11) is 1.39. The van der Waals surface area contributed by atoms with Gasteiger partial charge in [-0.15, -0.1) is 0 Å². The van der Waals surface area contributed by atoms with Crippen LogP contribution < -0.4 is 0 Å². The van der Waals surface area contributed by atoms with Crippen LogP contribution in [0, 0.1) is 50.2 Å². The molecule has 0 spiro atoms. The van der Waals surface area contributed by atoms with E-state index in [-0.39, 0.29) is 52.2 Å². The van der Waals surface area contributed by atoms with E-state index in [4.69, 9.17) is 23.7 Å². The predicted molar refractivity (Wildman–Crippen MR) is 198 cm³/mol. The topological polar surface area (TPSA) is 222 Å². The van der Waals surface area contributed by atoms with Gasteiger partial charge in [-0.3, -0.25) is 9.59 Å². The van der Waals surface area contributed by atoms with E-state index in [2.05, 4.69) is 40.7 Å². The van der Waals surface area contributed by atoms with Crippen LogP contribution in [0.1, 0.15) is 106 Å².